The van der Waals surface area contributed by atoms with Gasteiger partial charge in [-0.1, -0.05) is 12.1 Å². The van der Waals surface area contributed by atoms with E-state index in [9.17, 15) is 9.90 Å². The van der Waals surface area contributed by atoms with E-state index < -0.39 is 5.97 Å². The van der Waals surface area contributed by atoms with Gasteiger partial charge in [-0.15, -0.1) is 0 Å². The summed E-state index contributed by atoms with van der Waals surface area (Å²) in [6.07, 6.45) is 8.39. The monoisotopic (exact) mass is 296 g/mol. The van der Waals surface area contributed by atoms with Crippen molar-refractivity contribution in [2.75, 3.05) is 0 Å². The molecule has 1 N–H and O–H groups in total. The van der Waals surface area contributed by atoms with Gasteiger partial charge in [0, 0.05) is 24.7 Å². The lowest BCUT2D eigenvalue weighted by Crippen LogP contribution is -2.26. The van der Waals surface area contributed by atoms with Crippen LogP contribution in [0.3, 0.4) is 0 Å². The van der Waals surface area contributed by atoms with Gasteiger partial charge in [-0.05, 0) is 49.3 Å². The number of fused-ring (bicyclic) bond motifs is 2. The van der Waals surface area contributed by atoms with Gasteiger partial charge in [-0.25, -0.2) is 4.98 Å². The number of carbonyl (C=O) groups is 1. The lowest BCUT2D eigenvalue weighted by molar-refractivity contribution is -0.142. The SMILES string of the molecule is O=C(O)C1CCc2nc(-c3ccc4c(c3)CCCC4)cn2C1. The molecule has 2 aromatic rings. The number of imidazole rings is 1. The summed E-state index contributed by atoms with van der Waals surface area (Å²) in [5, 5.41) is 9.19. The smallest absolute Gasteiger partial charge is 0.308 e. The van der Waals surface area contributed by atoms with Gasteiger partial charge in [-0.2, -0.15) is 0 Å². The number of carboxylic acids is 1. The molecule has 4 nitrogen and oxygen atoms in total. The number of hydrogen-bond acceptors (Lipinski definition) is 2. The van der Waals surface area contributed by atoms with Crippen LogP contribution >= 0.6 is 0 Å². The molecule has 1 atom stereocenters. The van der Waals surface area contributed by atoms with E-state index in [0.717, 1.165) is 29.9 Å². The second-order valence-electron chi connectivity index (χ2n) is 6.46. The highest BCUT2D eigenvalue weighted by atomic mass is 16.4. The van der Waals surface area contributed by atoms with Crippen LogP contribution in [0.4, 0.5) is 0 Å². The first-order chi connectivity index (χ1) is 10.7. The van der Waals surface area contributed by atoms with Crippen LogP contribution < -0.4 is 0 Å². The Morgan fingerprint density at radius 1 is 1.18 bits per heavy atom. The molecule has 0 spiro atoms. The molecule has 1 aromatic heterocycles. The van der Waals surface area contributed by atoms with Crippen molar-refractivity contribution in [2.24, 2.45) is 5.92 Å². The quantitative estimate of drug-likeness (QED) is 0.926. The van der Waals surface area contributed by atoms with Crippen molar-refractivity contribution < 1.29 is 9.90 Å². The molecule has 4 heteroatoms. The molecule has 0 radical (unpaired) electrons. The zero-order valence-electron chi connectivity index (χ0n) is 12.6. The molecule has 0 saturated carbocycles. The number of benzene rings is 1. The molecule has 2 heterocycles. The van der Waals surface area contributed by atoms with Crippen LogP contribution in [0.15, 0.2) is 24.4 Å². The molecule has 22 heavy (non-hydrogen) atoms. The van der Waals surface area contributed by atoms with Crippen LogP contribution in [0.5, 0.6) is 0 Å². The third-order valence-electron chi connectivity index (χ3n) is 4.99. The van der Waals surface area contributed by atoms with Crippen LogP contribution in [0, 0.1) is 5.92 Å². The maximum Gasteiger partial charge on any atom is 0.308 e. The fourth-order valence-corrected chi connectivity index (χ4v) is 3.68. The van der Waals surface area contributed by atoms with Crippen LogP contribution in [0.1, 0.15) is 36.2 Å². The molecule has 0 fully saturated rings. The van der Waals surface area contributed by atoms with Crippen LogP contribution in [0.25, 0.3) is 11.3 Å². The molecule has 4 rings (SSSR count). The number of carboxylic acid groups (broad SMARTS) is 1. The summed E-state index contributed by atoms with van der Waals surface area (Å²) in [5.74, 6) is 0.0398. The fourth-order valence-electron chi connectivity index (χ4n) is 3.68. The van der Waals surface area contributed by atoms with Crippen molar-refractivity contribution in [3.8, 4) is 11.3 Å². The minimum absolute atomic E-state index is 0.280. The van der Waals surface area contributed by atoms with Gasteiger partial charge in [0.15, 0.2) is 0 Å². The van der Waals surface area contributed by atoms with Gasteiger partial charge in [0.1, 0.15) is 5.82 Å². The summed E-state index contributed by atoms with van der Waals surface area (Å²) >= 11 is 0. The average molecular weight is 296 g/mol. The summed E-state index contributed by atoms with van der Waals surface area (Å²) < 4.78 is 2.02. The molecule has 1 aliphatic carbocycles. The molecule has 1 unspecified atom stereocenters. The molecule has 114 valence electrons. The third-order valence-corrected chi connectivity index (χ3v) is 4.99. The zero-order valence-corrected chi connectivity index (χ0v) is 12.6. The van der Waals surface area contributed by atoms with E-state index in [1.54, 1.807) is 0 Å². The van der Waals surface area contributed by atoms with Crippen LogP contribution in [-0.4, -0.2) is 20.6 Å². The molecule has 2 aliphatic rings. The largest absolute Gasteiger partial charge is 0.481 e. The first kappa shape index (κ1) is 13.6. The van der Waals surface area contributed by atoms with Crippen molar-refractivity contribution in [1.82, 2.24) is 9.55 Å². The first-order valence-corrected chi connectivity index (χ1v) is 8.12. The van der Waals surface area contributed by atoms with Gasteiger partial charge >= 0.3 is 5.97 Å². The first-order valence-electron chi connectivity index (χ1n) is 8.12. The molecule has 0 saturated heterocycles. The van der Waals surface area contributed by atoms with Crippen LogP contribution in [-0.2, 0) is 30.6 Å². The Labute approximate surface area is 129 Å². The van der Waals surface area contributed by atoms with E-state index in [1.165, 1.54) is 30.4 Å². The van der Waals surface area contributed by atoms with Crippen molar-refractivity contribution in [3.05, 3.63) is 41.3 Å². The summed E-state index contributed by atoms with van der Waals surface area (Å²) in [4.78, 5) is 15.9. The lowest BCUT2D eigenvalue weighted by Gasteiger charge is -2.19. The molecule has 0 bridgehead atoms. The Bertz CT molecular complexity index is 733. The van der Waals surface area contributed by atoms with E-state index in [4.69, 9.17) is 4.98 Å². The lowest BCUT2D eigenvalue weighted by atomic mass is 9.90. The Morgan fingerprint density at radius 3 is 2.82 bits per heavy atom. The minimum atomic E-state index is -0.699. The van der Waals surface area contributed by atoms with E-state index in [2.05, 4.69) is 18.2 Å². The standard InChI is InChI=1S/C18H20N2O2/c21-18(22)15-7-8-17-19-16(11-20(17)10-15)14-6-5-12-3-1-2-4-13(12)9-14/h5-6,9,11,15H,1-4,7-8,10H2,(H,21,22). The van der Waals surface area contributed by atoms with Crippen molar-refractivity contribution >= 4 is 5.97 Å². The van der Waals surface area contributed by atoms with Crippen molar-refractivity contribution in [1.29, 1.82) is 0 Å². The van der Waals surface area contributed by atoms with Crippen molar-refractivity contribution in [2.45, 2.75) is 45.1 Å². The number of aliphatic carboxylic acids is 1. The number of rotatable bonds is 2. The van der Waals surface area contributed by atoms with E-state index in [1.807, 2.05) is 10.8 Å². The van der Waals surface area contributed by atoms with E-state index >= 15 is 0 Å². The number of nitrogens with zero attached hydrogens (tertiary/aromatic N) is 2. The number of aryl methyl sites for hydroxylation is 3. The second kappa shape index (κ2) is 5.27. The molecular formula is C18H20N2O2. The molecule has 1 aliphatic heterocycles. The predicted molar refractivity (Wildman–Crippen MR) is 83.8 cm³/mol. The van der Waals surface area contributed by atoms with Crippen molar-refractivity contribution in [3.63, 3.8) is 0 Å². The van der Waals surface area contributed by atoms with Gasteiger partial charge in [-0.3, -0.25) is 4.79 Å². The molecule has 1 aromatic carbocycles. The van der Waals surface area contributed by atoms with Gasteiger partial charge in [0.25, 0.3) is 0 Å². The second-order valence-corrected chi connectivity index (χ2v) is 6.46. The Morgan fingerprint density at radius 2 is 2.00 bits per heavy atom. The Kier molecular flexibility index (Phi) is 3.25. The van der Waals surface area contributed by atoms with Gasteiger partial charge in [0.2, 0.25) is 0 Å². The van der Waals surface area contributed by atoms with E-state index in [0.29, 0.717) is 13.0 Å². The topological polar surface area (TPSA) is 55.1 Å². The summed E-state index contributed by atoms with van der Waals surface area (Å²) in [6.45, 7) is 0.544. The normalized spacial score (nSPS) is 20.3. The number of hydrogen-bond donors (Lipinski definition) is 1. The summed E-state index contributed by atoms with van der Waals surface area (Å²) in [5.41, 5.74) is 5.08. The predicted octanol–water partition coefficient (Wildman–Crippen LogP) is 3.08. The van der Waals surface area contributed by atoms with E-state index in [-0.39, 0.29) is 5.92 Å². The third kappa shape index (κ3) is 2.32. The van der Waals surface area contributed by atoms with Gasteiger partial charge in [0.05, 0.1) is 11.6 Å². The average Bonchev–Trinajstić information content (AvgIpc) is 2.97. The Balaban J connectivity index is 1.66. The minimum Gasteiger partial charge on any atom is -0.481 e. The van der Waals surface area contributed by atoms with Crippen LogP contribution in [0.2, 0.25) is 0 Å². The molecule has 0 amide bonds. The zero-order chi connectivity index (χ0) is 15.1. The number of aromatic nitrogens is 2. The highest BCUT2D eigenvalue weighted by Gasteiger charge is 2.25. The highest BCUT2D eigenvalue weighted by Crippen LogP contribution is 2.29. The highest BCUT2D eigenvalue weighted by molar-refractivity contribution is 5.70. The Hall–Kier alpha value is -2.10. The summed E-state index contributed by atoms with van der Waals surface area (Å²) in [7, 11) is 0. The van der Waals surface area contributed by atoms with Gasteiger partial charge < -0.3 is 9.67 Å². The fraction of sp³-hybridized carbons (Fsp3) is 0.444. The molecular weight excluding hydrogens is 276 g/mol. The maximum atomic E-state index is 11.2. The maximum absolute atomic E-state index is 11.2. The summed E-state index contributed by atoms with van der Waals surface area (Å²) in [6, 6.07) is 6.67.